The predicted molar refractivity (Wildman–Crippen MR) is 65.8 cm³/mol. The van der Waals surface area contributed by atoms with E-state index in [4.69, 9.17) is 4.74 Å². The van der Waals surface area contributed by atoms with E-state index in [0.29, 0.717) is 10.9 Å². The van der Waals surface area contributed by atoms with Crippen molar-refractivity contribution in [1.82, 2.24) is 0 Å². The summed E-state index contributed by atoms with van der Waals surface area (Å²) in [7, 11) is 0. The molecule has 91 valence electrons. The molecule has 5 nitrogen and oxygen atoms in total. The van der Waals surface area contributed by atoms with Crippen molar-refractivity contribution in [2.45, 2.75) is 13.0 Å². The maximum atomic E-state index is 11.0. The SMILES string of the molecule is CC(O[C]=O)c1c([N+](=O)[O-])ccc2ccccc12. The van der Waals surface area contributed by atoms with Gasteiger partial charge in [0.05, 0.1) is 10.5 Å². The van der Waals surface area contributed by atoms with Crippen molar-refractivity contribution in [3.63, 3.8) is 0 Å². The first-order valence-corrected chi connectivity index (χ1v) is 5.34. The zero-order valence-corrected chi connectivity index (χ0v) is 9.62. The molecule has 0 N–H and O–H groups in total. The van der Waals surface area contributed by atoms with Crippen LogP contribution in [0.25, 0.3) is 10.8 Å². The number of nitro benzene ring substituents is 1. The molecule has 0 bridgehead atoms. The summed E-state index contributed by atoms with van der Waals surface area (Å²) in [5.41, 5.74) is 0.331. The Hall–Kier alpha value is -2.43. The molecule has 1 radical (unpaired) electrons. The summed E-state index contributed by atoms with van der Waals surface area (Å²) in [6.45, 7) is 2.91. The van der Waals surface area contributed by atoms with Gasteiger partial charge in [-0.05, 0) is 23.8 Å². The zero-order valence-electron chi connectivity index (χ0n) is 9.62. The third-order valence-electron chi connectivity index (χ3n) is 2.78. The van der Waals surface area contributed by atoms with Crippen molar-refractivity contribution in [3.8, 4) is 0 Å². The summed E-state index contributed by atoms with van der Waals surface area (Å²) in [4.78, 5) is 20.8. The lowest BCUT2D eigenvalue weighted by Gasteiger charge is -2.12. The number of nitro groups is 1. The molecule has 0 aliphatic heterocycles. The predicted octanol–water partition coefficient (Wildman–Crippen LogP) is 2.89. The van der Waals surface area contributed by atoms with Crippen molar-refractivity contribution in [3.05, 3.63) is 52.1 Å². The fraction of sp³-hybridized carbons (Fsp3) is 0.154. The molecule has 0 aliphatic rings. The highest BCUT2D eigenvalue weighted by Gasteiger charge is 2.22. The van der Waals surface area contributed by atoms with E-state index in [9.17, 15) is 14.9 Å². The van der Waals surface area contributed by atoms with Crippen LogP contribution >= 0.6 is 0 Å². The number of carbonyl (C=O) groups excluding carboxylic acids is 1. The van der Waals surface area contributed by atoms with Gasteiger partial charge >= 0.3 is 6.47 Å². The van der Waals surface area contributed by atoms with Crippen LogP contribution in [-0.2, 0) is 9.53 Å². The maximum Gasteiger partial charge on any atom is 0.418 e. The molecular formula is C13H10NO4. The third kappa shape index (κ3) is 2.02. The fourth-order valence-electron chi connectivity index (χ4n) is 2.00. The van der Waals surface area contributed by atoms with E-state index in [2.05, 4.69) is 0 Å². The summed E-state index contributed by atoms with van der Waals surface area (Å²) < 4.78 is 4.72. The van der Waals surface area contributed by atoms with Gasteiger partial charge in [-0.1, -0.05) is 24.3 Å². The minimum Gasteiger partial charge on any atom is -0.449 e. The molecule has 1 atom stereocenters. The first-order chi connectivity index (χ1) is 8.65. The Kier molecular flexibility index (Phi) is 3.23. The zero-order chi connectivity index (χ0) is 13.1. The Morgan fingerprint density at radius 3 is 2.67 bits per heavy atom. The van der Waals surface area contributed by atoms with Gasteiger partial charge < -0.3 is 4.74 Å². The van der Waals surface area contributed by atoms with Crippen LogP contribution in [0.4, 0.5) is 5.69 Å². The number of ether oxygens (including phenoxy) is 1. The molecule has 0 spiro atoms. The summed E-state index contributed by atoms with van der Waals surface area (Å²) in [6, 6.07) is 10.3. The van der Waals surface area contributed by atoms with E-state index in [1.807, 2.05) is 12.1 Å². The molecule has 2 rings (SSSR count). The minimum absolute atomic E-state index is 0.0588. The number of rotatable bonds is 4. The van der Waals surface area contributed by atoms with Gasteiger partial charge in [0.2, 0.25) is 0 Å². The molecule has 18 heavy (non-hydrogen) atoms. The first-order valence-electron chi connectivity index (χ1n) is 5.34. The smallest absolute Gasteiger partial charge is 0.418 e. The van der Waals surface area contributed by atoms with Gasteiger partial charge in [-0.3, -0.25) is 10.1 Å². The van der Waals surface area contributed by atoms with Gasteiger partial charge in [-0.2, -0.15) is 0 Å². The second kappa shape index (κ2) is 4.83. The lowest BCUT2D eigenvalue weighted by atomic mass is 9.99. The van der Waals surface area contributed by atoms with Crippen LogP contribution < -0.4 is 0 Å². The number of fused-ring (bicyclic) bond motifs is 1. The van der Waals surface area contributed by atoms with Crippen LogP contribution in [0, 0.1) is 10.1 Å². The van der Waals surface area contributed by atoms with Crippen LogP contribution in [0.3, 0.4) is 0 Å². The molecule has 0 fully saturated rings. The van der Waals surface area contributed by atoms with Crippen molar-refractivity contribution in [2.75, 3.05) is 0 Å². The van der Waals surface area contributed by atoms with Gasteiger partial charge in [0.25, 0.3) is 5.69 Å². The van der Waals surface area contributed by atoms with E-state index in [1.165, 1.54) is 12.5 Å². The van der Waals surface area contributed by atoms with Crippen LogP contribution in [0.2, 0.25) is 0 Å². The monoisotopic (exact) mass is 244 g/mol. The number of benzene rings is 2. The molecule has 0 amide bonds. The number of nitrogens with zero attached hydrogens (tertiary/aromatic N) is 1. The summed E-state index contributed by atoms with van der Waals surface area (Å²) in [5.74, 6) is 0. The molecule has 0 saturated heterocycles. The van der Waals surface area contributed by atoms with Crippen molar-refractivity contribution in [1.29, 1.82) is 0 Å². The standard InChI is InChI=1S/C13H10NO4/c1-9(18-8-15)13-11-5-3-2-4-10(11)6-7-12(13)14(16)17/h2-7,9H,1H3. The average Bonchev–Trinajstić information content (AvgIpc) is 2.37. The lowest BCUT2D eigenvalue weighted by Crippen LogP contribution is -2.04. The number of hydrogen-bond acceptors (Lipinski definition) is 4. The largest absolute Gasteiger partial charge is 0.449 e. The summed E-state index contributed by atoms with van der Waals surface area (Å²) in [5, 5.41) is 12.6. The Morgan fingerprint density at radius 2 is 2.00 bits per heavy atom. The van der Waals surface area contributed by atoms with Gasteiger partial charge in [0.15, 0.2) is 0 Å². The Balaban J connectivity index is 2.73. The van der Waals surface area contributed by atoms with Crippen LogP contribution in [0.5, 0.6) is 0 Å². The summed E-state index contributed by atoms with van der Waals surface area (Å²) in [6.07, 6.45) is -0.714. The van der Waals surface area contributed by atoms with Crippen molar-refractivity contribution in [2.24, 2.45) is 0 Å². The molecule has 0 heterocycles. The van der Waals surface area contributed by atoms with Crippen molar-refractivity contribution >= 4 is 22.9 Å². The van der Waals surface area contributed by atoms with Gasteiger partial charge in [-0.25, -0.2) is 4.79 Å². The highest BCUT2D eigenvalue weighted by Crippen LogP contribution is 2.34. The van der Waals surface area contributed by atoms with Crippen LogP contribution in [0.1, 0.15) is 18.6 Å². The molecule has 0 aromatic heterocycles. The molecule has 0 saturated carbocycles. The Morgan fingerprint density at radius 1 is 1.28 bits per heavy atom. The normalized spacial score (nSPS) is 12.1. The second-order valence-corrected chi connectivity index (χ2v) is 3.82. The molecule has 5 heteroatoms. The Bertz CT molecular complexity index is 609. The van der Waals surface area contributed by atoms with E-state index in [-0.39, 0.29) is 5.69 Å². The maximum absolute atomic E-state index is 11.0. The third-order valence-corrected chi connectivity index (χ3v) is 2.78. The fourth-order valence-corrected chi connectivity index (χ4v) is 2.00. The van der Waals surface area contributed by atoms with Gasteiger partial charge in [-0.15, -0.1) is 0 Å². The molecule has 2 aromatic carbocycles. The average molecular weight is 244 g/mol. The molecular weight excluding hydrogens is 234 g/mol. The van der Waals surface area contributed by atoms with E-state index in [1.54, 1.807) is 25.1 Å². The molecule has 0 aliphatic carbocycles. The Labute approximate surface area is 103 Å². The topological polar surface area (TPSA) is 69.4 Å². The first kappa shape index (κ1) is 12.0. The molecule has 2 aromatic rings. The van der Waals surface area contributed by atoms with Crippen molar-refractivity contribution < 1.29 is 14.5 Å². The van der Waals surface area contributed by atoms with Crippen LogP contribution in [0.15, 0.2) is 36.4 Å². The van der Waals surface area contributed by atoms with E-state index in [0.717, 1.165) is 5.39 Å². The van der Waals surface area contributed by atoms with E-state index >= 15 is 0 Å². The highest BCUT2D eigenvalue weighted by molar-refractivity contribution is 5.89. The molecule has 1 unspecified atom stereocenters. The van der Waals surface area contributed by atoms with Gasteiger partial charge in [0, 0.05) is 6.07 Å². The number of hydrogen-bond donors (Lipinski definition) is 0. The van der Waals surface area contributed by atoms with E-state index < -0.39 is 11.0 Å². The minimum atomic E-state index is -0.714. The second-order valence-electron chi connectivity index (χ2n) is 3.82. The summed E-state index contributed by atoms with van der Waals surface area (Å²) >= 11 is 0. The van der Waals surface area contributed by atoms with Gasteiger partial charge in [0.1, 0.15) is 6.10 Å². The highest BCUT2D eigenvalue weighted by atomic mass is 16.6. The lowest BCUT2D eigenvalue weighted by molar-refractivity contribution is -0.385. The quantitative estimate of drug-likeness (QED) is 0.612. The van der Waals surface area contributed by atoms with Crippen LogP contribution in [-0.4, -0.2) is 11.4 Å².